The second kappa shape index (κ2) is 9.65. The van der Waals surface area contributed by atoms with Gasteiger partial charge in [0.2, 0.25) is 11.7 Å². The number of rotatable bonds is 7. The summed E-state index contributed by atoms with van der Waals surface area (Å²) in [5, 5.41) is 12.7. The number of hydrogen-bond donors (Lipinski definition) is 2. The van der Waals surface area contributed by atoms with Crippen molar-refractivity contribution in [3.8, 4) is 17.1 Å². The van der Waals surface area contributed by atoms with Crippen molar-refractivity contribution in [1.82, 2.24) is 31.1 Å². The van der Waals surface area contributed by atoms with Crippen LogP contribution in [0, 0.1) is 0 Å². The van der Waals surface area contributed by atoms with Gasteiger partial charge in [0, 0.05) is 17.0 Å². The van der Waals surface area contributed by atoms with Crippen LogP contribution in [0.15, 0.2) is 48.5 Å². The van der Waals surface area contributed by atoms with Gasteiger partial charge in [0.1, 0.15) is 5.75 Å². The number of aryl methyl sites for hydroxylation is 1. The molecule has 3 rings (SSSR count). The van der Waals surface area contributed by atoms with Gasteiger partial charge in [-0.3, -0.25) is 20.4 Å². The Morgan fingerprint density at radius 3 is 2.69 bits per heavy atom. The first-order chi connectivity index (χ1) is 14.1. The standard InChI is InChI=1S/C19H19ClN6O3/c1-29-16-12-14(20)9-10-15(16)19(28)23-21-17(27)8-5-11-26-24-18(22-25-26)13-6-3-2-4-7-13/h2-4,6-7,9-10,12H,5,8,11H2,1H3,(H,21,27)(H,23,28). The SMILES string of the molecule is COc1cc(Cl)ccc1C(=O)NNC(=O)CCCn1nnc(-c2ccccc2)n1. The van der Waals surface area contributed by atoms with Crippen LogP contribution < -0.4 is 15.6 Å². The highest BCUT2D eigenvalue weighted by atomic mass is 35.5. The Bertz CT molecular complexity index is 993. The maximum absolute atomic E-state index is 12.2. The van der Waals surface area contributed by atoms with Crippen molar-refractivity contribution in [2.45, 2.75) is 19.4 Å². The molecule has 0 radical (unpaired) electrons. The molecular weight excluding hydrogens is 396 g/mol. The highest BCUT2D eigenvalue weighted by Crippen LogP contribution is 2.22. The summed E-state index contributed by atoms with van der Waals surface area (Å²) in [6, 6.07) is 14.1. The maximum atomic E-state index is 12.2. The number of aromatic nitrogens is 4. The summed E-state index contributed by atoms with van der Waals surface area (Å²) < 4.78 is 5.12. The first kappa shape index (κ1) is 20.3. The minimum absolute atomic E-state index is 0.181. The number of nitrogens with zero attached hydrogens (tertiary/aromatic N) is 4. The van der Waals surface area contributed by atoms with Gasteiger partial charge in [0.05, 0.1) is 19.2 Å². The summed E-state index contributed by atoms with van der Waals surface area (Å²) in [5.41, 5.74) is 5.86. The zero-order valence-electron chi connectivity index (χ0n) is 15.6. The van der Waals surface area contributed by atoms with Gasteiger partial charge in [-0.25, -0.2) is 0 Å². The lowest BCUT2D eigenvalue weighted by Crippen LogP contribution is -2.41. The number of halogens is 1. The number of ether oxygens (including phenoxy) is 1. The molecule has 0 aliphatic carbocycles. The van der Waals surface area contributed by atoms with Crippen LogP contribution in [0.2, 0.25) is 5.02 Å². The molecule has 2 N–H and O–H groups in total. The van der Waals surface area contributed by atoms with Gasteiger partial charge in [-0.2, -0.15) is 4.80 Å². The van der Waals surface area contributed by atoms with Gasteiger partial charge < -0.3 is 4.74 Å². The van der Waals surface area contributed by atoms with Gasteiger partial charge in [-0.15, -0.1) is 10.2 Å². The van der Waals surface area contributed by atoms with E-state index < -0.39 is 5.91 Å². The Morgan fingerprint density at radius 2 is 1.93 bits per heavy atom. The molecule has 3 aromatic rings. The number of hydrogen-bond acceptors (Lipinski definition) is 6. The molecule has 0 spiro atoms. The number of carbonyl (C=O) groups excluding carboxylic acids is 2. The molecule has 0 saturated carbocycles. The van der Waals surface area contributed by atoms with E-state index in [4.69, 9.17) is 16.3 Å². The predicted octanol–water partition coefficient (Wildman–Crippen LogP) is 2.24. The van der Waals surface area contributed by atoms with Crippen molar-refractivity contribution in [2.75, 3.05) is 7.11 Å². The van der Waals surface area contributed by atoms with Crippen molar-refractivity contribution < 1.29 is 14.3 Å². The van der Waals surface area contributed by atoms with Crippen molar-refractivity contribution in [3.63, 3.8) is 0 Å². The Kier molecular flexibility index (Phi) is 6.75. The third-order valence-electron chi connectivity index (χ3n) is 3.97. The van der Waals surface area contributed by atoms with Crippen molar-refractivity contribution in [1.29, 1.82) is 0 Å². The Morgan fingerprint density at radius 1 is 1.14 bits per heavy atom. The van der Waals surface area contributed by atoms with Crippen LogP contribution in [-0.4, -0.2) is 39.1 Å². The van der Waals surface area contributed by atoms with Crippen molar-refractivity contribution >= 4 is 23.4 Å². The van der Waals surface area contributed by atoms with Crippen LogP contribution in [0.3, 0.4) is 0 Å². The van der Waals surface area contributed by atoms with Gasteiger partial charge in [0.15, 0.2) is 0 Å². The molecule has 10 heteroatoms. The first-order valence-corrected chi connectivity index (χ1v) is 9.20. The summed E-state index contributed by atoms with van der Waals surface area (Å²) in [5.74, 6) is 0.00180. The second-order valence-electron chi connectivity index (χ2n) is 6.03. The number of hydrazine groups is 1. The van der Waals surface area contributed by atoms with E-state index in [0.29, 0.717) is 29.6 Å². The minimum Gasteiger partial charge on any atom is -0.496 e. The molecule has 1 aromatic heterocycles. The molecule has 150 valence electrons. The van der Waals surface area contributed by atoms with Crippen LogP contribution >= 0.6 is 11.6 Å². The lowest BCUT2D eigenvalue weighted by atomic mass is 10.2. The molecular formula is C19H19ClN6O3. The van der Waals surface area contributed by atoms with Crippen molar-refractivity contribution in [3.05, 3.63) is 59.1 Å². The number of benzene rings is 2. The average molecular weight is 415 g/mol. The Balaban J connectivity index is 1.44. The van der Waals surface area contributed by atoms with Crippen LogP contribution in [0.25, 0.3) is 11.4 Å². The van der Waals surface area contributed by atoms with Crippen LogP contribution in [0.5, 0.6) is 5.75 Å². The Hall–Kier alpha value is -3.46. The van der Waals surface area contributed by atoms with Crippen LogP contribution in [0.4, 0.5) is 0 Å². The summed E-state index contributed by atoms with van der Waals surface area (Å²) >= 11 is 5.87. The molecule has 29 heavy (non-hydrogen) atoms. The lowest BCUT2D eigenvalue weighted by molar-refractivity contribution is -0.122. The van der Waals surface area contributed by atoms with E-state index in [2.05, 4.69) is 26.3 Å². The van der Waals surface area contributed by atoms with Gasteiger partial charge >= 0.3 is 0 Å². The molecule has 0 unspecified atom stereocenters. The van der Waals surface area contributed by atoms with E-state index in [1.165, 1.54) is 24.0 Å². The lowest BCUT2D eigenvalue weighted by Gasteiger charge is -2.10. The zero-order chi connectivity index (χ0) is 20.6. The third kappa shape index (κ3) is 5.52. The topological polar surface area (TPSA) is 111 Å². The molecule has 1 heterocycles. The van der Waals surface area contributed by atoms with E-state index in [9.17, 15) is 9.59 Å². The number of tetrazole rings is 1. The fourth-order valence-corrected chi connectivity index (χ4v) is 2.69. The number of methoxy groups -OCH3 is 1. The van der Waals surface area contributed by atoms with E-state index in [0.717, 1.165) is 5.56 Å². The summed E-state index contributed by atoms with van der Waals surface area (Å²) in [6.45, 7) is 0.423. The number of carbonyl (C=O) groups is 2. The van der Waals surface area contributed by atoms with Gasteiger partial charge in [-0.05, 0) is 29.8 Å². The van der Waals surface area contributed by atoms with Gasteiger partial charge in [0.25, 0.3) is 5.91 Å². The van der Waals surface area contributed by atoms with Crippen molar-refractivity contribution in [2.24, 2.45) is 0 Å². The number of nitrogens with one attached hydrogen (secondary N) is 2. The molecule has 0 atom stereocenters. The van der Waals surface area contributed by atoms with Gasteiger partial charge in [-0.1, -0.05) is 41.9 Å². The monoisotopic (exact) mass is 414 g/mol. The number of amides is 2. The van der Waals surface area contributed by atoms with E-state index in [1.54, 1.807) is 6.07 Å². The molecule has 0 aliphatic heterocycles. The molecule has 0 fully saturated rings. The predicted molar refractivity (Wildman–Crippen MR) is 106 cm³/mol. The molecule has 9 nitrogen and oxygen atoms in total. The molecule has 0 bridgehead atoms. The second-order valence-corrected chi connectivity index (χ2v) is 6.46. The van der Waals surface area contributed by atoms with Crippen LogP contribution in [0.1, 0.15) is 23.2 Å². The molecule has 2 aromatic carbocycles. The normalized spacial score (nSPS) is 10.4. The first-order valence-electron chi connectivity index (χ1n) is 8.83. The Labute approximate surface area is 172 Å². The minimum atomic E-state index is -0.502. The third-order valence-corrected chi connectivity index (χ3v) is 4.21. The quantitative estimate of drug-likeness (QED) is 0.573. The largest absolute Gasteiger partial charge is 0.496 e. The zero-order valence-corrected chi connectivity index (χ0v) is 16.4. The maximum Gasteiger partial charge on any atom is 0.273 e. The molecule has 0 saturated heterocycles. The highest BCUT2D eigenvalue weighted by Gasteiger charge is 2.13. The van der Waals surface area contributed by atoms with Crippen LogP contribution in [-0.2, 0) is 11.3 Å². The fraction of sp³-hybridized carbons (Fsp3) is 0.211. The molecule has 2 amide bonds. The van der Waals surface area contributed by atoms with E-state index >= 15 is 0 Å². The molecule has 0 aliphatic rings. The van der Waals surface area contributed by atoms with E-state index in [1.807, 2.05) is 30.3 Å². The van der Waals surface area contributed by atoms with E-state index in [-0.39, 0.29) is 17.9 Å². The smallest absolute Gasteiger partial charge is 0.273 e. The highest BCUT2D eigenvalue weighted by molar-refractivity contribution is 6.30. The average Bonchev–Trinajstić information content (AvgIpc) is 3.21. The summed E-state index contributed by atoms with van der Waals surface area (Å²) in [6.07, 6.45) is 0.663. The summed E-state index contributed by atoms with van der Waals surface area (Å²) in [7, 11) is 1.43. The fourth-order valence-electron chi connectivity index (χ4n) is 2.53. The summed E-state index contributed by atoms with van der Waals surface area (Å²) in [4.78, 5) is 25.6.